The van der Waals surface area contributed by atoms with E-state index in [1.54, 1.807) is 0 Å². The third kappa shape index (κ3) is 2.55. The zero-order valence-corrected chi connectivity index (χ0v) is 11.0. The monoisotopic (exact) mass is 246 g/mol. The van der Waals surface area contributed by atoms with Gasteiger partial charge in [0.2, 0.25) is 5.69 Å². The van der Waals surface area contributed by atoms with E-state index in [4.69, 9.17) is 0 Å². The van der Waals surface area contributed by atoms with E-state index >= 15 is 0 Å². The van der Waals surface area contributed by atoms with Crippen molar-refractivity contribution in [3.63, 3.8) is 0 Å². The first kappa shape index (κ1) is 11.7. The fourth-order valence-electron chi connectivity index (χ4n) is 2.14. The van der Waals surface area contributed by atoms with E-state index in [0.717, 1.165) is 0 Å². The Hall–Kier alpha value is -2.41. The van der Waals surface area contributed by atoms with Crippen LogP contribution in [0.3, 0.4) is 0 Å². The van der Waals surface area contributed by atoms with Crippen LogP contribution in [0.15, 0.2) is 79.1 Å². The SMILES string of the molecule is Cc1ccc(-c2ccc(-[n+]3ccccc3)cc2)cc1. The zero-order valence-electron chi connectivity index (χ0n) is 11.0. The fourth-order valence-corrected chi connectivity index (χ4v) is 2.14. The summed E-state index contributed by atoms with van der Waals surface area (Å²) in [5.41, 5.74) is 4.98. The van der Waals surface area contributed by atoms with Crippen LogP contribution in [-0.4, -0.2) is 0 Å². The van der Waals surface area contributed by atoms with Crippen LogP contribution in [0.5, 0.6) is 0 Å². The van der Waals surface area contributed by atoms with E-state index in [9.17, 15) is 0 Å². The van der Waals surface area contributed by atoms with Crippen LogP contribution in [0, 0.1) is 6.92 Å². The second kappa shape index (κ2) is 5.07. The van der Waals surface area contributed by atoms with Gasteiger partial charge in [0, 0.05) is 24.3 Å². The van der Waals surface area contributed by atoms with Crippen molar-refractivity contribution < 1.29 is 4.57 Å². The molecule has 0 saturated carbocycles. The van der Waals surface area contributed by atoms with Gasteiger partial charge in [-0.25, -0.2) is 0 Å². The second-order valence-electron chi connectivity index (χ2n) is 4.70. The lowest BCUT2D eigenvalue weighted by Gasteiger charge is -2.02. The molecule has 0 aliphatic rings. The summed E-state index contributed by atoms with van der Waals surface area (Å²) in [4.78, 5) is 0. The highest BCUT2D eigenvalue weighted by molar-refractivity contribution is 5.64. The van der Waals surface area contributed by atoms with Crippen molar-refractivity contribution in [2.24, 2.45) is 0 Å². The van der Waals surface area contributed by atoms with E-state index in [1.165, 1.54) is 22.4 Å². The Balaban J connectivity index is 1.93. The van der Waals surface area contributed by atoms with Crippen molar-refractivity contribution in [3.05, 3.63) is 84.7 Å². The Morgan fingerprint density at radius 1 is 0.632 bits per heavy atom. The van der Waals surface area contributed by atoms with Crippen molar-refractivity contribution in [1.29, 1.82) is 0 Å². The predicted octanol–water partition coefficient (Wildman–Crippen LogP) is 3.94. The van der Waals surface area contributed by atoms with Gasteiger partial charge in [0.15, 0.2) is 12.4 Å². The van der Waals surface area contributed by atoms with Gasteiger partial charge in [-0.3, -0.25) is 0 Å². The molecular formula is C18H16N+. The van der Waals surface area contributed by atoms with Gasteiger partial charge < -0.3 is 0 Å². The van der Waals surface area contributed by atoms with E-state index in [-0.39, 0.29) is 0 Å². The maximum atomic E-state index is 2.17. The molecule has 1 heteroatoms. The van der Waals surface area contributed by atoms with Gasteiger partial charge in [-0.15, -0.1) is 0 Å². The molecule has 0 radical (unpaired) electrons. The molecule has 0 aliphatic heterocycles. The van der Waals surface area contributed by atoms with Crippen molar-refractivity contribution in [1.82, 2.24) is 0 Å². The van der Waals surface area contributed by atoms with Crippen LogP contribution in [-0.2, 0) is 0 Å². The summed E-state index contributed by atoms with van der Waals surface area (Å²) in [6, 6.07) is 23.4. The van der Waals surface area contributed by atoms with E-state index in [1.807, 2.05) is 18.2 Å². The number of nitrogens with zero attached hydrogens (tertiary/aromatic N) is 1. The van der Waals surface area contributed by atoms with Crippen LogP contribution in [0.4, 0.5) is 0 Å². The van der Waals surface area contributed by atoms with Gasteiger partial charge >= 0.3 is 0 Å². The Labute approximate surface area is 113 Å². The van der Waals surface area contributed by atoms with Crippen LogP contribution in [0.2, 0.25) is 0 Å². The van der Waals surface area contributed by atoms with Gasteiger partial charge in [-0.05, 0) is 30.2 Å². The molecule has 0 saturated heterocycles. The lowest BCUT2D eigenvalue weighted by molar-refractivity contribution is -0.595. The van der Waals surface area contributed by atoms with Gasteiger partial charge in [-0.2, -0.15) is 4.57 Å². The number of aromatic nitrogens is 1. The lowest BCUT2D eigenvalue weighted by Crippen LogP contribution is -2.28. The quantitative estimate of drug-likeness (QED) is 0.603. The molecule has 0 unspecified atom stereocenters. The van der Waals surface area contributed by atoms with Crippen molar-refractivity contribution in [2.45, 2.75) is 6.92 Å². The van der Waals surface area contributed by atoms with E-state index in [2.05, 4.69) is 72.4 Å². The molecule has 0 aliphatic carbocycles. The van der Waals surface area contributed by atoms with E-state index < -0.39 is 0 Å². The molecule has 3 aromatic rings. The Kier molecular flexibility index (Phi) is 3.11. The normalized spacial score (nSPS) is 10.4. The largest absolute Gasteiger partial charge is 0.210 e. The molecule has 3 rings (SSSR count). The topological polar surface area (TPSA) is 3.88 Å². The van der Waals surface area contributed by atoms with Crippen molar-refractivity contribution >= 4 is 0 Å². The molecule has 92 valence electrons. The summed E-state index contributed by atoms with van der Waals surface area (Å²) in [5.74, 6) is 0. The molecule has 19 heavy (non-hydrogen) atoms. The molecule has 1 aromatic heterocycles. The van der Waals surface area contributed by atoms with Crippen molar-refractivity contribution in [3.8, 4) is 16.8 Å². The molecule has 0 atom stereocenters. The molecule has 0 bridgehead atoms. The first-order valence-corrected chi connectivity index (χ1v) is 6.47. The minimum atomic E-state index is 1.18. The number of hydrogen-bond acceptors (Lipinski definition) is 0. The van der Waals surface area contributed by atoms with Crippen LogP contribution in [0.1, 0.15) is 5.56 Å². The summed E-state index contributed by atoms with van der Waals surface area (Å²) in [6.45, 7) is 2.11. The maximum Gasteiger partial charge on any atom is 0.210 e. The van der Waals surface area contributed by atoms with Gasteiger partial charge in [0.1, 0.15) is 0 Å². The van der Waals surface area contributed by atoms with Crippen molar-refractivity contribution in [2.75, 3.05) is 0 Å². The smallest absolute Gasteiger partial charge is 0.167 e. The predicted molar refractivity (Wildman–Crippen MR) is 78.1 cm³/mol. The van der Waals surface area contributed by atoms with Gasteiger partial charge in [-0.1, -0.05) is 35.9 Å². The molecule has 2 aromatic carbocycles. The highest BCUT2D eigenvalue weighted by Crippen LogP contribution is 2.20. The third-order valence-electron chi connectivity index (χ3n) is 3.27. The highest BCUT2D eigenvalue weighted by Gasteiger charge is 2.04. The highest BCUT2D eigenvalue weighted by atomic mass is 14.9. The average molecular weight is 246 g/mol. The van der Waals surface area contributed by atoms with Crippen LogP contribution in [0.25, 0.3) is 16.8 Å². The summed E-state index contributed by atoms with van der Waals surface area (Å²) in [7, 11) is 0. The van der Waals surface area contributed by atoms with Gasteiger partial charge in [0.25, 0.3) is 0 Å². The summed E-state index contributed by atoms with van der Waals surface area (Å²) >= 11 is 0. The summed E-state index contributed by atoms with van der Waals surface area (Å²) < 4.78 is 2.11. The molecule has 0 amide bonds. The first-order valence-electron chi connectivity index (χ1n) is 6.47. The van der Waals surface area contributed by atoms with E-state index in [0.29, 0.717) is 0 Å². The molecule has 0 spiro atoms. The number of rotatable bonds is 2. The molecule has 1 nitrogen and oxygen atoms in total. The number of aryl methyl sites for hydroxylation is 1. The molecule has 0 N–H and O–H groups in total. The standard InChI is InChI=1S/C18H16N/c1-15-5-7-16(8-6-15)17-9-11-18(12-10-17)19-13-3-2-4-14-19/h2-14H,1H3/q+1. The minimum absolute atomic E-state index is 1.18. The number of benzene rings is 2. The average Bonchev–Trinajstić information content (AvgIpc) is 2.49. The minimum Gasteiger partial charge on any atom is -0.167 e. The Bertz CT molecular complexity index is 652. The summed E-state index contributed by atoms with van der Waals surface area (Å²) in [6.07, 6.45) is 4.11. The fraction of sp³-hybridized carbons (Fsp3) is 0.0556. The molecule has 0 fully saturated rings. The Morgan fingerprint density at radius 3 is 1.74 bits per heavy atom. The van der Waals surface area contributed by atoms with Crippen LogP contribution >= 0.6 is 0 Å². The Morgan fingerprint density at radius 2 is 1.16 bits per heavy atom. The second-order valence-corrected chi connectivity index (χ2v) is 4.70. The first-order chi connectivity index (χ1) is 9.33. The zero-order chi connectivity index (χ0) is 13.1. The lowest BCUT2D eigenvalue weighted by atomic mass is 10.0. The molecule has 1 heterocycles. The van der Waals surface area contributed by atoms with Gasteiger partial charge in [0.05, 0.1) is 0 Å². The maximum absolute atomic E-state index is 2.17. The van der Waals surface area contributed by atoms with Crippen LogP contribution < -0.4 is 4.57 Å². The summed E-state index contributed by atoms with van der Waals surface area (Å²) in [5, 5.41) is 0. The third-order valence-corrected chi connectivity index (χ3v) is 3.27. The number of pyridine rings is 1. The number of hydrogen-bond donors (Lipinski definition) is 0. The molecular weight excluding hydrogens is 230 g/mol.